The molecule has 4 rings (SSSR count). The second-order valence-corrected chi connectivity index (χ2v) is 9.43. The van der Waals surface area contributed by atoms with Crippen LogP contribution in [-0.2, 0) is 14.6 Å². The highest BCUT2D eigenvalue weighted by atomic mass is 35.5. The van der Waals surface area contributed by atoms with Gasteiger partial charge < -0.3 is 4.74 Å². The Hall–Kier alpha value is -2.46. The zero-order chi connectivity index (χ0) is 20.6. The van der Waals surface area contributed by atoms with Gasteiger partial charge in [0.15, 0.2) is 9.84 Å². The van der Waals surface area contributed by atoms with Gasteiger partial charge in [-0.05, 0) is 30.2 Å². The Labute approximate surface area is 171 Å². The molecular weight excluding hydrogens is 423 g/mol. The van der Waals surface area contributed by atoms with E-state index in [1.807, 2.05) is 0 Å². The molecular formula is C18H18ClFN4O4S. The number of benzene rings is 1. The molecule has 29 heavy (non-hydrogen) atoms. The van der Waals surface area contributed by atoms with Gasteiger partial charge in [-0.15, -0.1) is 16.7 Å². The number of aromatic nitrogens is 3. The van der Waals surface area contributed by atoms with Crippen LogP contribution in [0.3, 0.4) is 0 Å². The van der Waals surface area contributed by atoms with Crippen LogP contribution in [0.5, 0.6) is 0 Å². The van der Waals surface area contributed by atoms with E-state index in [0.29, 0.717) is 16.8 Å². The maximum Gasteiger partial charge on any atom is 0.414 e. The van der Waals surface area contributed by atoms with Crippen molar-refractivity contribution in [2.45, 2.75) is 18.6 Å². The van der Waals surface area contributed by atoms with E-state index in [2.05, 4.69) is 10.3 Å². The van der Waals surface area contributed by atoms with E-state index in [1.165, 1.54) is 21.8 Å². The van der Waals surface area contributed by atoms with Gasteiger partial charge in [-0.3, -0.25) is 4.90 Å². The Morgan fingerprint density at radius 2 is 2.21 bits per heavy atom. The lowest BCUT2D eigenvalue weighted by Crippen LogP contribution is -2.31. The molecule has 2 aliphatic rings. The van der Waals surface area contributed by atoms with Gasteiger partial charge in [-0.25, -0.2) is 22.3 Å². The monoisotopic (exact) mass is 440 g/mol. The second-order valence-electron chi connectivity index (χ2n) is 6.90. The first-order valence-corrected chi connectivity index (χ1v) is 11.3. The van der Waals surface area contributed by atoms with Gasteiger partial charge in [-0.1, -0.05) is 11.3 Å². The SMILES string of the molecule is O=C1OC(C(CCl)n2ccnn2)CN1c1ccc(C2=CCS(=O)(=O)CC2)c(F)c1. The minimum absolute atomic E-state index is 0.00224. The first-order valence-electron chi connectivity index (χ1n) is 8.97. The number of alkyl halides is 1. The number of anilines is 1. The zero-order valence-electron chi connectivity index (χ0n) is 15.2. The van der Waals surface area contributed by atoms with Gasteiger partial charge in [0.25, 0.3) is 0 Å². The van der Waals surface area contributed by atoms with Crippen molar-refractivity contribution in [2.75, 3.05) is 28.8 Å². The lowest BCUT2D eigenvalue weighted by Gasteiger charge is -2.20. The molecule has 154 valence electrons. The first kappa shape index (κ1) is 19.8. The largest absolute Gasteiger partial charge is 0.442 e. The summed E-state index contributed by atoms with van der Waals surface area (Å²) >= 11 is 6.03. The number of hydrogen-bond acceptors (Lipinski definition) is 6. The topological polar surface area (TPSA) is 94.4 Å². The smallest absolute Gasteiger partial charge is 0.414 e. The summed E-state index contributed by atoms with van der Waals surface area (Å²) in [5.41, 5.74) is 1.35. The Kier molecular flexibility index (Phi) is 5.30. The van der Waals surface area contributed by atoms with Crippen molar-refractivity contribution in [3.05, 3.63) is 48.0 Å². The van der Waals surface area contributed by atoms with Crippen molar-refractivity contribution in [1.82, 2.24) is 15.0 Å². The average molecular weight is 441 g/mol. The Balaban J connectivity index is 1.54. The third-order valence-corrected chi connectivity index (χ3v) is 6.90. The van der Waals surface area contributed by atoms with Crippen LogP contribution < -0.4 is 4.90 Å². The predicted molar refractivity (Wildman–Crippen MR) is 105 cm³/mol. The van der Waals surface area contributed by atoms with Crippen LogP contribution >= 0.6 is 11.6 Å². The molecule has 0 aliphatic carbocycles. The van der Waals surface area contributed by atoms with Crippen LogP contribution in [0.1, 0.15) is 18.0 Å². The van der Waals surface area contributed by atoms with Gasteiger partial charge in [0.1, 0.15) is 18.0 Å². The van der Waals surface area contributed by atoms with E-state index in [1.54, 1.807) is 24.4 Å². The van der Waals surface area contributed by atoms with Crippen molar-refractivity contribution in [2.24, 2.45) is 0 Å². The molecule has 2 aliphatic heterocycles. The molecule has 1 aromatic carbocycles. The standard InChI is InChI=1S/C18H18ClFN4O4S/c19-10-16(24-6-5-21-22-24)17-11-23(18(25)28-17)13-1-2-14(15(20)9-13)12-3-7-29(26,27)8-4-12/h1-3,5-6,9,16-17H,4,7-8,10-11H2. The highest BCUT2D eigenvalue weighted by molar-refractivity contribution is 7.91. The maximum atomic E-state index is 14.7. The number of allylic oxidation sites excluding steroid dienone is 1. The molecule has 2 unspecified atom stereocenters. The third-order valence-electron chi connectivity index (χ3n) is 5.08. The number of cyclic esters (lactones) is 1. The highest BCUT2D eigenvalue weighted by Gasteiger charge is 2.38. The molecule has 2 atom stereocenters. The summed E-state index contributed by atoms with van der Waals surface area (Å²) in [4.78, 5) is 13.7. The van der Waals surface area contributed by atoms with Crippen LogP contribution in [0.4, 0.5) is 14.9 Å². The molecule has 8 nitrogen and oxygen atoms in total. The minimum Gasteiger partial charge on any atom is -0.442 e. The Morgan fingerprint density at radius 1 is 1.38 bits per heavy atom. The molecule has 1 fully saturated rings. The number of ether oxygens (including phenoxy) is 1. The predicted octanol–water partition coefficient (Wildman–Crippen LogP) is 2.42. The molecule has 3 heterocycles. The zero-order valence-corrected chi connectivity index (χ0v) is 16.8. The number of sulfone groups is 1. The molecule has 2 aromatic rings. The summed E-state index contributed by atoms with van der Waals surface area (Å²) in [5.74, 6) is -0.442. The Morgan fingerprint density at radius 3 is 2.83 bits per heavy atom. The van der Waals surface area contributed by atoms with Gasteiger partial charge in [-0.2, -0.15) is 0 Å². The van der Waals surface area contributed by atoms with Crippen LogP contribution in [-0.4, -0.2) is 59.5 Å². The van der Waals surface area contributed by atoms with Gasteiger partial charge in [0.05, 0.1) is 29.9 Å². The normalized spacial score (nSPS) is 22.3. The molecule has 0 spiro atoms. The van der Waals surface area contributed by atoms with Crippen LogP contribution in [0.15, 0.2) is 36.7 Å². The highest BCUT2D eigenvalue weighted by Crippen LogP contribution is 2.31. The fourth-order valence-corrected chi connectivity index (χ4v) is 4.98. The summed E-state index contributed by atoms with van der Waals surface area (Å²) < 4.78 is 44.8. The Bertz CT molecular complexity index is 1060. The molecule has 0 saturated carbocycles. The summed E-state index contributed by atoms with van der Waals surface area (Å²) in [6.45, 7) is 0.190. The lowest BCUT2D eigenvalue weighted by atomic mass is 10.0. The van der Waals surface area contributed by atoms with Crippen molar-refractivity contribution in [3.63, 3.8) is 0 Å². The molecule has 0 radical (unpaired) electrons. The van der Waals surface area contributed by atoms with Gasteiger partial charge in [0.2, 0.25) is 0 Å². The van der Waals surface area contributed by atoms with E-state index >= 15 is 0 Å². The molecule has 0 N–H and O–H groups in total. The quantitative estimate of drug-likeness (QED) is 0.663. The van der Waals surface area contributed by atoms with E-state index in [-0.39, 0.29) is 30.4 Å². The van der Waals surface area contributed by atoms with Crippen molar-refractivity contribution >= 4 is 38.8 Å². The van der Waals surface area contributed by atoms with E-state index < -0.39 is 33.9 Å². The first-order chi connectivity index (χ1) is 13.9. The fraction of sp³-hybridized carbons (Fsp3) is 0.389. The van der Waals surface area contributed by atoms with Gasteiger partial charge >= 0.3 is 6.09 Å². The summed E-state index contributed by atoms with van der Waals surface area (Å²) in [5, 5.41) is 7.65. The van der Waals surface area contributed by atoms with Crippen molar-refractivity contribution < 1.29 is 22.3 Å². The molecule has 0 bridgehead atoms. The van der Waals surface area contributed by atoms with Crippen LogP contribution in [0.25, 0.3) is 5.57 Å². The number of carbonyl (C=O) groups excluding carboxylic acids is 1. The number of amides is 1. The van der Waals surface area contributed by atoms with E-state index in [0.717, 1.165) is 0 Å². The summed E-state index contributed by atoms with van der Waals surface area (Å²) in [7, 11) is -3.09. The molecule has 1 aromatic heterocycles. The maximum absolute atomic E-state index is 14.7. The minimum atomic E-state index is -3.09. The summed E-state index contributed by atoms with van der Waals surface area (Å²) in [6, 6.07) is 4.04. The fourth-order valence-electron chi connectivity index (χ4n) is 3.49. The molecule has 1 saturated heterocycles. The number of hydrogen-bond donors (Lipinski definition) is 0. The van der Waals surface area contributed by atoms with Crippen LogP contribution in [0, 0.1) is 5.82 Å². The third kappa shape index (κ3) is 3.99. The number of halogens is 2. The van der Waals surface area contributed by atoms with E-state index in [9.17, 15) is 17.6 Å². The second kappa shape index (κ2) is 7.75. The lowest BCUT2D eigenvalue weighted by molar-refractivity contribution is 0.110. The number of nitrogens with zero attached hydrogens (tertiary/aromatic N) is 4. The van der Waals surface area contributed by atoms with Crippen molar-refractivity contribution in [3.8, 4) is 0 Å². The average Bonchev–Trinajstić information content (AvgIpc) is 3.33. The van der Waals surface area contributed by atoms with E-state index in [4.69, 9.17) is 16.3 Å². The summed E-state index contributed by atoms with van der Waals surface area (Å²) in [6.07, 6.45) is 3.79. The number of carbonyl (C=O) groups is 1. The van der Waals surface area contributed by atoms with Gasteiger partial charge in [0, 0.05) is 17.6 Å². The number of rotatable bonds is 5. The molecule has 1 amide bonds. The van der Waals surface area contributed by atoms with Crippen molar-refractivity contribution in [1.29, 1.82) is 0 Å². The van der Waals surface area contributed by atoms with Crippen LogP contribution in [0.2, 0.25) is 0 Å². The molecule has 11 heteroatoms.